The Kier molecular flexibility index (Phi) is 4.16. The Morgan fingerprint density at radius 1 is 1.63 bits per heavy atom. The summed E-state index contributed by atoms with van der Waals surface area (Å²) in [7, 11) is 0. The Hall–Kier alpha value is -1.47. The standard InChI is InChI=1S/C12H17N3O3S/c1-3-18-11(17)10-7(2)14-12(19-10)15-6-8(5-13)4-9(15)16/h8H,3-6,13H2,1-2H3. The lowest BCUT2D eigenvalue weighted by molar-refractivity contribution is -0.117. The zero-order valence-electron chi connectivity index (χ0n) is 11.0. The van der Waals surface area contributed by atoms with Crippen LogP contribution in [0, 0.1) is 12.8 Å². The van der Waals surface area contributed by atoms with E-state index in [1.165, 1.54) is 11.3 Å². The fourth-order valence-corrected chi connectivity index (χ4v) is 3.00. The first-order chi connectivity index (χ1) is 9.06. The van der Waals surface area contributed by atoms with Crippen molar-refractivity contribution in [1.82, 2.24) is 4.98 Å². The zero-order chi connectivity index (χ0) is 14.0. The number of rotatable bonds is 4. The molecule has 1 amide bonds. The van der Waals surface area contributed by atoms with Crippen molar-refractivity contribution in [2.24, 2.45) is 11.7 Å². The number of thiazole rings is 1. The van der Waals surface area contributed by atoms with E-state index in [0.717, 1.165) is 0 Å². The van der Waals surface area contributed by atoms with Gasteiger partial charge < -0.3 is 10.5 Å². The molecule has 0 aliphatic carbocycles. The minimum absolute atomic E-state index is 0.0135. The summed E-state index contributed by atoms with van der Waals surface area (Å²) in [5.41, 5.74) is 6.19. The second kappa shape index (κ2) is 5.66. The van der Waals surface area contributed by atoms with Gasteiger partial charge in [0, 0.05) is 13.0 Å². The molecule has 1 aromatic heterocycles. The molecule has 19 heavy (non-hydrogen) atoms. The van der Waals surface area contributed by atoms with Crippen molar-refractivity contribution in [3.05, 3.63) is 10.6 Å². The van der Waals surface area contributed by atoms with Gasteiger partial charge in [-0.05, 0) is 26.3 Å². The second-order valence-electron chi connectivity index (χ2n) is 4.44. The van der Waals surface area contributed by atoms with Crippen LogP contribution < -0.4 is 10.6 Å². The molecule has 2 rings (SSSR count). The number of carbonyl (C=O) groups is 2. The summed E-state index contributed by atoms with van der Waals surface area (Å²) < 4.78 is 4.96. The van der Waals surface area contributed by atoms with Crippen molar-refractivity contribution in [1.29, 1.82) is 0 Å². The number of aromatic nitrogens is 1. The Balaban J connectivity index is 2.20. The van der Waals surface area contributed by atoms with E-state index in [-0.39, 0.29) is 17.8 Å². The number of ether oxygens (including phenoxy) is 1. The summed E-state index contributed by atoms with van der Waals surface area (Å²) in [6.45, 7) is 4.88. The van der Waals surface area contributed by atoms with Crippen LogP contribution in [0.25, 0.3) is 0 Å². The van der Waals surface area contributed by atoms with Gasteiger partial charge in [0.1, 0.15) is 4.88 Å². The van der Waals surface area contributed by atoms with Gasteiger partial charge in [-0.15, -0.1) is 0 Å². The third kappa shape index (κ3) is 2.76. The maximum Gasteiger partial charge on any atom is 0.350 e. The van der Waals surface area contributed by atoms with Crippen molar-refractivity contribution >= 4 is 28.3 Å². The van der Waals surface area contributed by atoms with Crippen molar-refractivity contribution in [3.63, 3.8) is 0 Å². The third-order valence-corrected chi connectivity index (χ3v) is 4.18. The van der Waals surface area contributed by atoms with Crippen LogP contribution in [0.5, 0.6) is 0 Å². The van der Waals surface area contributed by atoms with Crippen LogP contribution in [0.1, 0.15) is 28.7 Å². The van der Waals surface area contributed by atoms with Gasteiger partial charge in [0.25, 0.3) is 0 Å². The number of amides is 1. The van der Waals surface area contributed by atoms with Gasteiger partial charge in [-0.2, -0.15) is 0 Å². The molecule has 0 bridgehead atoms. The maximum absolute atomic E-state index is 11.9. The molecule has 1 aromatic rings. The number of hydrogen-bond acceptors (Lipinski definition) is 6. The molecule has 0 spiro atoms. The first-order valence-corrected chi connectivity index (χ1v) is 7.03. The molecule has 0 radical (unpaired) electrons. The Bertz CT molecular complexity index is 500. The van der Waals surface area contributed by atoms with Gasteiger partial charge in [-0.1, -0.05) is 11.3 Å². The predicted octanol–water partition coefficient (Wildman–Crippen LogP) is 0.940. The number of nitrogens with two attached hydrogens (primary N) is 1. The fraction of sp³-hybridized carbons (Fsp3) is 0.583. The number of carbonyl (C=O) groups excluding carboxylic acids is 2. The van der Waals surface area contributed by atoms with E-state index >= 15 is 0 Å². The van der Waals surface area contributed by atoms with Crippen molar-refractivity contribution in [3.8, 4) is 0 Å². The molecule has 1 unspecified atom stereocenters. The van der Waals surface area contributed by atoms with Crippen LogP contribution in [0.15, 0.2) is 0 Å². The van der Waals surface area contributed by atoms with Gasteiger partial charge in [0.2, 0.25) is 5.91 Å². The molecule has 1 aliphatic rings. The van der Waals surface area contributed by atoms with Crippen molar-refractivity contribution < 1.29 is 14.3 Å². The van der Waals surface area contributed by atoms with E-state index in [4.69, 9.17) is 10.5 Å². The first-order valence-electron chi connectivity index (χ1n) is 6.21. The summed E-state index contributed by atoms with van der Waals surface area (Å²) in [5, 5.41) is 0.557. The minimum atomic E-state index is -0.384. The third-order valence-electron chi connectivity index (χ3n) is 3.02. The molecule has 1 fully saturated rings. The molecule has 1 aliphatic heterocycles. The Morgan fingerprint density at radius 3 is 2.95 bits per heavy atom. The van der Waals surface area contributed by atoms with Crippen LogP contribution in [0.3, 0.4) is 0 Å². The van der Waals surface area contributed by atoms with Crippen LogP contribution in [0.2, 0.25) is 0 Å². The Morgan fingerprint density at radius 2 is 2.37 bits per heavy atom. The van der Waals surface area contributed by atoms with Gasteiger partial charge >= 0.3 is 5.97 Å². The van der Waals surface area contributed by atoms with E-state index in [0.29, 0.717) is 41.8 Å². The SMILES string of the molecule is CCOC(=O)c1sc(N2CC(CN)CC2=O)nc1C. The monoisotopic (exact) mass is 283 g/mol. The fourth-order valence-electron chi connectivity index (χ4n) is 2.01. The van der Waals surface area contributed by atoms with E-state index in [1.807, 2.05) is 0 Å². The van der Waals surface area contributed by atoms with Crippen LogP contribution in [-0.4, -0.2) is 36.6 Å². The van der Waals surface area contributed by atoms with E-state index < -0.39 is 0 Å². The highest BCUT2D eigenvalue weighted by molar-refractivity contribution is 7.17. The highest BCUT2D eigenvalue weighted by Crippen LogP contribution is 2.31. The number of anilines is 1. The minimum Gasteiger partial charge on any atom is -0.462 e. The molecule has 1 saturated heterocycles. The smallest absolute Gasteiger partial charge is 0.350 e. The molecule has 2 heterocycles. The topological polar surface area (TPSA) is 85.5 Å². The largest absolute Gasteiger partial charge is 0.462 e. The zero-order valence-corrected chi connectivity index (χ0v) is 11.8. The van der Waals surface area contributed by atoms with Crippen molar-refractivity contribution in [2.75, 3.05) is 24.6 Å². The maximum atomic E-state index is 11.9. The molecule has 2 N–H and O–H groups in total. The molecule has 7 heteroatoms. The summed E-state index contributed by atoms with van der Waals surface area (Å²) in [6.07, 6.45) is 0.448. The molecule has 6 nitrogen and oxygen atoms in total. The average molecular weight is 283 g/mol. The highest BCUT2D eigenvalue weighted by atomic mass is 32.1. The van der Waals surface area contributed by atoms with Crippen LogP contribution in [-0.2, 0) is 9.53 Å². The number of esters is 1. The quantitative estimate of drug-likeness (QED) is 0.831. The molecule has 1 atom stereocenters. The van der Waals surface area contributed by atoms with Gasteiger partial charge in [0.15, 0.2) is 5.13 Å². The van der Waals surface area contributed by atoms with E-state index in [2.05, 4.69) is 4.98 Å². The second-order valence-corrected chi connectivity index (χ2v) is 5.42. The van der Waals surface area contributed by atoms with Gasteiger partial charge in [-0.25, -0.2) is 9.78 Å². The van der Waals surface area contributed by atoms with Crippen molar-refractivity contribution in [2.45, 2.75) is 20.3 Å². The highest BCUT2D eigenvalue weighted by Gasteiger charge is 2.32. The number of hydrogen-bond donors (Lipinski definition) is 1. The molecule has 104 valence electrons. The van der Waals surface area contributed by atoms with Gasteiger partial charge in [-0.3, -0.25) is 9.69 Å². The van der Waals surface area contributed by atoms with Gasteiger partial charge in [0.05, 0.1) is 12.3 Å². The Labute approximate surface area is 115 Å². The van der Waals surface area contributed by atoms with Crippen LogP contribution in [0.4, 0.5) is 5.13 Å². The summed E-state index contributed by atoms with van der Waals surface area (Å²) >= 11 is 1.20. The molecular formula is C12H17N3O3S. The number of nitrogens with zero attached hydrogens (tertiary/aromatic N) is 2. The number of aryl methyl sites for hydroxylation is 1. The molecule has 0 saturated carbocycles. The summed E-state index contributed by atoms with van der Waals surface area (Å²) in [5.74, 6) is -0.201. The molecule has 0 aromatic carbocycles. The normalized spacial score (nSPS) is 19.0. The van der Waals surface area contributed by atoms with E-state index in [1.54, 1.807) is 18.7 Å². The molecular weight excluding hydrogens is 266 g/mol. The lowest BCUT2D eigenvalue weighted by atomic mass is 10.1. The average Bonchev–Trinajstić information content (AvgIpc) is 2.92. The summed E-state index contributed by atoms with van der Waals surface area (Å²) in [4.78, 5) is 30.0. The predicted molar refractivity (Wildman–Crippen MR) is 72.3 cm³/mol. The first kappa shape index (κ1) is 14.0. The van der Waals surface area contributed by atoms with E-state index in [9.17, 15) is 9.59 Å². The lowest BCUT2D eigenvalue weighted by Gasteiger charge is -2.11. The lowest BCUT2D eigenvalue weighted by Crippen LogP contribution is -2.25. The van der Waals surface area contributed by atoms with Crippen LogP contribution >= 0.6 is 11.3 Å². The summed E-state index contributed by atoms with van der Waals surface area (Å²) in [6, 6.07) is 0.